The second-order valence-electron chi connectivity index (χ2n) is 3.28. The third kappa shape index (κ3) is 1.97. The molecule has 1 heterocycles. The van der Waals surface area contributed by atoms with Crippen LogP contribution in [0, 0.1) is 12.8 Å². The molecule has 0 saturated heterocycles. The molecule has 3 nitrogen and oxygen atoms in total. The van der Waals surface area contributed by atoms with Crippen LogP contribution in [0.1, 0.15) is 25.4 Å². The van der Waals surface area contributed by atoms with Crippen LogP contribution in [-0.4, -0.2) is 9.97 Å². The molecule has 0 spiro atoms. The van der Waals surface area contributed by atoms with Gasteiger partial charge >= 0.3 is 0 Å². The maximum absolute atomic E-state index is 5.65. The van der Waals surface area contributed by atoms with Gasteiger partial charge in [-0.3, -0.25) is 0 Å². The van der Waals surface area contributed by atoms with E-state index in [2.05, 4.69) is 23.8 Å². The van der Waals surface area contributed by atoms with Crippen molar-refractivity contribution in [3.05, 3.63) is 11.5 Å². The number of rotatable bonds is 2. The van der Waals surface area contributed by atoms with Crippen molar-refractivity contribution in [3.63, 3.8) is 0 Å². The summed E-state index contributed by atoms with van der Waals surface area (Å²) in [6.45, 7) is 6.24. The van der Waals surface area contributed by atoms with Crippen LogP contribution < -0.4 is 5.73 Å². The lowest BCUT2D eigenvalue weighted by atomic mass is 10.1. The van der Waals surface area contributed by atoms with Crippen molar-refractivity contribution in [2.24, 2.45) is 5.92 Å². The summed E-state index contributed by atoms with van der Waals surface area (Å²) in [5.74, 6) is 2.17. The van der Waals surface area contributed by atoms with E-state index in [1.54, 1.807) is 0 Å². The Labute approximate surface area is 67.0 Å². The van der Waals surface area contributed by atoms with Gasteiger partial charge in [-0.1, -0.05) is 13.8 Å². The molecule has 0 saturated carbocycles. The van der Waals surface area contributed by atoms with Crippen LogP contribution in [0.2, 0.25) is 0 Å². The largest absolute Gasteiger partial charge is 0.382 e. The number of aryl methyl sites for hydroxylation is 1. The first-order chi connectivity index (χ1) is 5.09. The molecule has 0 aliphatic carbocycles. The van der Waals surface area contributed by atoms with E-state index in [4.69, 9.17) is 5.73 Å². The topological polar surface area (TPSA) is 54.7 Å². The number of H-pyrrole nitrogens is 1. The van der Waals surface area contributed by atoms with Gasteiger partial charge in [0.25, 0.3) is 0 Å². The second-order valence-corrected chi connectivity index (χ2v) is 3.28. The Balaban J connectivity index is 2.77. The zero-order valence-corrected chi connectivity index (χ0v) is 7.31. The third-order valence-corrected chi connectivity index (χ3v) is 1.54. The maximum atomic E-state index is 5.65. The smallest absolute Gasteiger partial charge is 0.145 e. The quantitative estimate of drug-likeness (QED) is 0.676. The van der Waals surface area contributed by atoms with Gasteiger partial charge in [-0.25, -0.2) is 4.98 Å². The molecule has 0 atom stereocenters. The van der Waals surface area contributed by atoms with Crippen molar-refractivity contribution in [1.29, 1.82) is 0 Å². The summed E-state index contributed by atoms with van der Waals surface area (Å²) in [5.41, 5.74) is 6.71. The molecule has 0 aromatic carbocycles. The zero-order valence-electron chi connectivity index (χ0n) is 7.31. The average molecular weight is 153 g/mol. The standard InChI is InChI=1S/C8H15N3/c1-5(2)4-7-8(9)11-6(3)10-7/h5H,4,9H2,1-3H3,(H,10,11). The number of hydrogen-bond acceptors (Lipinski definition) is 2. The highest BCUT2D eigenvalue weighted by atomic mass is 15.0. The molecule has 3 heteroatoms. The van der Waals surface area contributed by atoms with Crippen LogP contribution in [0.15, 0.2) is 0 Å². The molecular weight excluding hydrogens is 138 g/mol. The normalized spacial score (nSPS) is 10.9. The van der Waals surface area contributed by atoms with E-state index in [0.717, 1.165) is 17.9 Å². The van der Waals surface area contributed by atoms with E-state index in [1.807, 2.05) is 6.92 Å². The fourth-order valence-electron chi connectivity index (χ4n) is 1.12. The molecule has 1 aromatic rings. The van der Waals surface area contributed by atoms with Crippen molar-refractivity contribution in [2.75, 3.05) is 5.73 Å². The molecule has 1 rings (SSSR count). The maximum Gasteiger partial charge on any atom is 0.145 e. The Morgan fingerprint density at radius 1 is 1.55 bits per heavy atom. The molecule has 0 fully saturated rings. The van der Waals surface area contributed by atoms with Crippen LogP contribution in [0.4, 0.5) is 5.82 Å². The number of imidazole rings is 1. The molecule has 62 valence electrons. The highest BCUT2D eigenvalue weighted by Crippen LogP contribution is 2.12. The first-order valence-corrected chi connectivity index (χ1v) is 3.90. The minimum absolute atomic E-state index is 0.622. The molecular formula is C8H15N3. The van der Waals surface area contributed by atoms with Gasteiger partial charge in [0, 0.05) is 0 Å². The SMILES string of the molecule is Cc1nc(N)c(CC(C)C)[nH]1. The molecule has 0 bridgehead atoms. The van der Waals surface area contributed by atoms with Crippen molar-refractivity contribution in [2.45, 2.75) is 27.2 Å². The molecule has 0 aliphatic rings. The Bertz CT molecular complexity index is 237. The number of aromatic amines is 1. The van der Waals surface area contributed by atoms with E-state index < -0.39 is 0 Å². The van der Waals surface area contributed by atoms with Gasteiger partial charge in [0.1, 0.15) is 11.6 Å². The number of anilines is 1. The summed E-state index contributed by atoms with van der Waals surface area (Å²) in [7, 11) is 0. The van der Waals surface area contributed by atoms with Crippen molar-refractivity contribution < 1.29 is 0 Å². The predicted octanol–water partition coefficient (Wildman–Crippen LogP) is 1.50. The Morgan fingerprint density at radius 2 is 2.18 bits per heavy atom. The van der Waals surface area contributed by atoms with E-state index in [0.29, 0.717) is 11.7 Å². The predicted molar refractivity (Wildman–Crippen MR) is 46.3 cm³/mol. The number of aromatic nitrogens is 2. The summed E-state index contributed by atoms with van der Waals surface area (Å²) in [4.78, 5) is 7.23. The van der Waals surface area contributed by atoms with Gasteiger partial charge < -0.3 is 10.7 Å². The fraction of sp³-hybridized carbons (Fsp3) is 0.625. The molecule has 1 aromatic heterocycles. The monoisotopic (exact) mass is 153 g/mol. The van der Waals surface area contributed by atoms with Gasteiger partial charge in [0.05, 0.1) is 5.69 Å². The summed E-state index contributed by atoms with van der Waals surface area (Å²) < 4.78 is 0. The van der Waals surface area contributed by atoms with Gasteiger partial charge in [-0.05, 0) is 19.3 Å². The third-order valence-electron chi connectivity index (χ3n) is 1.54. The van der Waals surface area contributed by atoms with Crippen molar-refractivity contribution in [3.8, 4) is 0 Å². The van der Waals surface area contributed by atoms with Crippen LogP contribution in [-0.2, 0) is 6.42 Å². The fourth-order valence-corrected chi connectivity index (χ4v) is 1.12. The van der Waals surface area contributed by atoms with E-state index in [9.17, 15) is 0 Å². The molecule has 11 heavy (non-hydrogen) atoms. The number of nitrogens with zero attached hydrogens (tertiary/aromatic N) is 1. The minimum Gasteiger partial charge on any atom is -0.382 e. The summed E-state index contributed by atoms with van der Waals surface area (Å²) in [5, 5.41) is 0. The summed E-state index contributed by atoms with van der Waals surface area (Å²) in [6.07, 6.45) is 0.979. The number of hydrogen-bond donors (Lipinski definition) is 2. The van der Waals surface area contributed by atoms with Gasteiger partial charge in [-0.15, -0.1) is 0 Å². The van der Waals surface area contributed by atoms with Crippen LogP contribution >= 0.6 is 0 Å². The van der Waals surface area contributed by atoms with Crippen LogP contribution in [0.25, 0.3) is 0 Å². The zero-order chi connectivity index (χ0) is 8.43. The highest BCUT2D eigenvalue weighted by molar-refractivity contribution is 5.35. The highest BCUT2D eigenvalue weighted by Gasteiger charge is 2.05. The molecule has 0 aliphatic heterocycles. The summed E-state index contributed by atoms with van der Waals surface area (Å²) in [6, 6.07) is 0. The van der Waals surface area contributed by atoms with E-state index >= 15 is 0 Å². The number of nitrogen functional groups attached to an aromatic ring is 1. The second kappa shape index (κ2) is 2.95. The first-order valence-electron chi connectivity index (χ1n) is 3.90. The first kappa shape index (κ1) is 8.11. The lowest BCUT2D eigenvalue weighted by Crippen LogP contribution is -1.98. The molecule has 0 amide bonds. The lowest BCUT2D eigenvalue weighted by Gasteiger charge is -2.01. The minimum atomic E-state index is 0.622. The number of nitrogens with two attached hydrogens (primary N) is 1. The molecule has 0 unspecified atom stereocenters. The molecule has 3 N–H and O–H groups in total. The Morgan fingerprint density at radius 3 is 2.55 bits per heavy atom. The van der Waals surface area contributed by atoms with Gasteiger partial charge in [-0.2, -0.15) is 0 Å². The van der Waals surface area contributed by atoms with Crippen LogP contribution in [0.3, 0.4) is 0 Å². The Kier molecular flexibility index (Phi) is 2.17. The van der Waals surface area contributed by atoms with Crippen molar-refractivity contribution >= 4 is 5.82 Å². The average Bonchev–Trinajstić information content (AvgIpc) is 2.09. The van der Waals surface area contributed by atoms with Crippen molar-refractivity contribution in [1.82, 2.24) is 9.97 Å². The summed E-state index contributed by atoms with van der Waals surface area (Å²) >= 11 is 0. The number of nitrogens with one attached hydrogen (secondary N) is 1. The molecule has 0 radical (unpaired) electrons. The van der Waals surface area contributed by atoms with Crippen LogP contribution in [0.5, 0.6) is 0 Å². The lowest BCUT2D eigenvalue weighted by molar-refractivity contribution is 0.638. The van der Waals surface area contributed by atoms with Gasteiger partial charge in [0.2, 0.25) is 0 Å². The van der Waals surface area contributed by atoms with E-state index in [-0.39, 0.29) is 0 Å². The van der Waals surface area contributed by atoms with E-state index in [1.165, 1.54) is 0 Å². The Hall–Kier alpha value is -0.990. The van der Waals surface area contributed by atoms with Gasteiger partial charge in [0.15, 0.2) is 0 Å².